The molecule has 0 radical (unpaired) electrons. The maximum atomic E-state index is 17.2. The predicted molar refractivity (Wildman–Crippen MR) is 553 cm³/mol. The number of fused-ring (bicyclic) bond motifs is 14. The summed E-state index contributed by atoms with van der Waals surface area (Å²) >= 11 is 0. The highest BCUT2D eigenvalue weighted by Gasteiger charge is 2.56. The fourth-order valence-electron chi connectivity index (χ4n) is 19.7. The zero-order valence-electron chi connectivity index (χ0n) is 80.4. The molecular formula is C114H137F6N3O8P2S2. The Morgan fingerprint density at radius 3 is 0.696 bits per heavy atom. The van der Waals surface area contributed by atoms with E-state index in [1.807, 2.05) is 174 Å². The number of hydrogen-bond acceptors (Lipinski definition) is 8. The predicted octanol–water partition coefficient (Wildman–Crippen LogP) is 36.7. The van der Waals surface area contributed by atoms with E-state index in [2.05, 4.69) is 83.8 Å². The van der Waals surface area contributed by atoms with Crippen LogP contribution in [0.2, 0.25) is 0 Å². The molecule has 2 heterocycles. The number of halogens is 6. The molecule has 2 aliphatic rings. The lowest BCUT2D eigenvalue weighted by atomic mass is 9.85. The highest BCUT2D eigenvalue weighted by molar-refractivity contribution is 7.97. The number of nitrogens with one attached hydrogen (secondary N) is 1. The molecule has 0 atom stereocenters. The Hall–Kier alpha value is -9.22. The van der Waals surface area contributed by atoms with Crippen molar-refractivity contribution in [1.82, 2.24) is 4.49 Å². The van der Waals surface area contributed by atoms with Crippen molar-refractivity contribution < 1.29 is 61.3 Å². The van der Waals surface area contributed by atoms with Crippen LogP contribution in [0.15, 0.2) is 203 Å². The minimum Gasteiger partial charge on any atom is -0.417 e. The average molecular weight is 1920 g/mol. The van der Waals surface area contributed by atoms with Crippen molar-refractivity contribution in [2.75, 3.05) is 0 Å². The molecule has 0 fully saturated rings. The quantitative estimate of drug-likeness (QED) is 0.0226. The number of aryl methyl sites for hydroxylation is 8. The summed E-state index contributed by atoms with van der Waals surface area (Å²) in [5, 5.41) is 4.30. The van der Waals surface area contributed by atoms with Crippen LogP contribution in [0.3, 0.4) is 0 Å². The second kappa shape index (κ2) is 47.0. The van der Waals surface area contributed by atoms with Crippen molar-refractivity contribution in [2.24, 2.45) is 8.67 Å². The van der Waals surface area contributed by atoms with E-state index in [0.29, 0.717) is 117 Å². The van der Waals surface area contributed by atoms with E-state index in [9.17, 15) is 0 Å². The molecule has 11 nitrogen and oxygen atoms in total. The van der Waals surface area contributed by atoms with E-state index in [-0.39, 0.29) is 67.5 Å². The third-order valence-corrected chi connectivity index (χ3v) is 34.9. The lowest BCUT2D eigenvalue weighted by Gasteiger charge is -2.29. The molecule has 21 heteroatoms. The zero-order valence-corrected chi connectivity index (χ0v) is 83.8. The standard InChI is InChI=1S/C114H137F6N3O8P2S2/c1-9-17-25-33-49-81-65-82(50-34-26-18-10-2)70-93(69-81)101-77-89-57-41-45-61-97(89)105-106-98-62-46-42-58-90(98)78-102(94-71-83(51-35-27-19-11-3)66-84(72-94)52-36-28-20-12-4)110(106)129-132(128-109(101)105,122-134(124,125)113(115,116)117)121-133(123-135(126,127)114(118,119)120)130-111-103(95-73-85(53-37-29-21-13-5)67-86(74-95)54-38-30-22-14-6)79-91-59-43-47-63-99(91)107(111)108-100-64-48-44-60-92(100)80-104(112(108)131-133)96-75-87(55-39-31-23-15-7)68-88(76-96)56-40-32-24-16-8/h41-48,57-80,122H,9-40,49-56H2,1-8H3. The topological polar surface area (TPSA) is 142 Å². The smallest absolute Gasteiger partial charge is 0.417 e. The summed E-state index contributed by atoms with van der Waals surface area (Å²) in [4.78, 5) is 0. The van der Waals surface area contributed by atoms with Crippen molar-refractivity contribution in [2.45, 2.75) is 323 Å². The van der Waals surface area contributed by atoms with Gasteiger partial charge in [0.1, 0.15) is 23.0 Å². The van der Waals surface area contributed by atoms with Gasteiger partial charge in [-0.2, -0.15) is 34.8 Å². The van der Waals surface area contributed by atoms with Gasteiger partial charge in [0.15, 0.2) is 0 Å². The maximum absolute atomic E-state index is 17.2. The fourth-order valence-corrected chi connectivity index (χ4v) is 27.8. The molecule has 12 aromatic carbocycles. The highest BCUT2D eigenvalue weighted by Crippen LogP contribution is 2.73. The van der Waals surface area contributed by atoms with Crippen LogP contribution in [0, 0.1) is 0 Å². The van der Waals surface area contributed by atoms with Crippen molar-refractivity contribution in [3.05, 3.63) is 239 Å². The van der Waals surface area contributed by atoms with E-state index in [1.165, 1.54) is 0 Å². The summed E-state index contributed by atoms with van der Waals surface area (Å²) < 4.78 is 209. The average Bonchev–Trinajstić information content (AvgIpc) is 1.56. The van der Waals surface area contributed by atoms with E-state index < -0.39 is 46.4 Å². The molecule has 0 saturated carbocycles. The number of alkyl halides is 6. The first kappa shape index (κ1) is 102. The Balaban J connectivity index is 1.23. The van der Waals surface area contributed by atoms with Gasteiger partial charge >= 0.3 is 46.4 Å². The van der Waals surface area contributed by atoms with Crippen molar-refractivity contribution in [3.8, 4) is 89.8 Å². The van der Waals surface area contributed by atoms with E-state index >= 15 is 43.2 Å². The Morgan fingerprint density at radius 2 is 0.489 bits per heavy atom. The maximum Gasteiger partial charge on any atom is 0.518 e. The molecule has 0 unspecified atom stereocenters. The normalized spacial score (nSPS) is 13.6. The Labute approximate surface area is 799 Å². The largest absolute Gasteiger partial charge is 0.518 e. The fraction of sp³-hybridized carbons (Fsp3) is 0.439. The van der Waals surface area contributed by atoms with Crippen LogP contribution in [0.1, 0.15) is 305 Å². The number of sulfonamides is 2. The molecule has 2 aliphatic heterocycles. The van der Waals surface area contributed by atoms with Gasteiger partial charge in [0.05, 0.1) is 0 Å². The number of rotatable bonds is 48. The molecule has 1 N–H and O–H groups in total. The molecule has 12 aromatic rings. The number of hydrogen-bond donors (Lipinski definition) is 1. The number of unbranched alkanes of at least 4 members (excludes halogenated alkanes) is 24. The molecule has 0 bridgehead atoms. The Bertz CT molecular complexity index is 6050. The minimum atomic E-state index is -7.17. The SMILES string of the molecule is CCCCCCc1cc(CCCCCC)cc(-c2cc3ccccc3c3c2OP(=NS(=O)(=O)C(F)(F)F)(N=P2(NS(=O)(=O)C(F)(F)F)Oc4c(-c5cc(CCCCCC)cc(CCCCCC)c5)cc5ccccc5c4-c4c(c(-c5cc(CCCCCC)cc(CCCCCC)c5)cc5ccccc45)O2)Oc2c(-c4cc(CCCCCC)cc(CCCCCC)c4)cc4ccccc4c2-3)c1. The van der Waals surface area contributed by atoms with Crippen molar-refractivity contribution in [3.63, 3.8) is 0 Å². The van der Waals surface area contributed by atoms with E-state index in [4.69, 9.17) is 22.6 Å². The summed E-state index contributed by atoms with van der Waals surface area (Å²) in [5.41, 5.74) is -1.37. The van der Waals surface area contributed by atoms with Crippen LogP contribution in [-0.4, -0.2) is 27.9 Å². The molecule has 14 rings (SSSR count). The zero-order chi connectivity index (χ0) is 95.3. The van der Waals surface area contributed by atoms with Crippen molar-refractivity contribution >= 4 is 78.5 Å². The summed E-state index contributed by atoms with van der Waals surface area (Å²) in [6, 6.07) is 62.2. The van der Waals surface area contributed by atoms with Gasteiger partial charge in [-0.25, -0.2) is 8.42 Å². The molecule has 720 valence electrons. The van der Waals surface area contributed by atoms with Crippen LogP contribution < -0.4 is 22.6 Å². The van der Waals surface area contributed by atoms with Crippen LogP contribution >= 0.6 is 15.3 Å². The summed E-state index contributed by atoms with van der Waals surface area (Å²) in [7, 11) is -27.3. The molecule has 0 aromatic heterocycles. The lowest BCUT2D eigenvalue weighted by Crippen LogP contribution is -2.37. The highest BCUT2D eigenvalue weighted by atomic mass is 32.2. The van der Waals surface area contributed by atoms with Gasteiger partial charge in [-0.05, 0) is 237 Å². The Morgan fingerprint density at radius 1 is 0.274 bits per heavy atom. The first-order valence-corrected chi connectivity index (χ1v) is 56.5. The Kier molecular flexibility index (Phi) is 35.4. The van der Waals surface area contributed by atoms with Gasteiger partial charge in [0.25, 0.3) is 0 Å². The van der Waals surface area contributed by atoms with Gasteiger partial charge < -0.3 is 18.1 Å². The summed E-state index contributed by atoms with van der Waals surface area (Å²) in [6.45, 7) is 17.2. The molecule has 0 saturated heterocycles. The molecule has 135 heavy (non-hydrogen) atoms. The first-order valence-electron chi connectivity index (χ1n) is 50.5. The van der Waals surface area contributed by atoms with Crippen LogP contribution in [0.5, 0.6) is 23.0 Å². The molecule has 0 amide bonds. The van der Waals surface area contributed by atoms with E-state index in [0.717, 1.165) is 250 Å². The lowest BCUT2D eigenvalue weighted by molar-refractivity contribution is -0.0445. The second-order valence-corrected chi connectivity index (χ2v) is 45.3. The first-order chi connectivity index (χ1) is 65.3. The number of benzene rings is 12. The van der Waals surface area contributed by atoms with Crippen LogP contribution in [0.4, 0.5) is 26.3 Å². The third-order valence-electron chi connectivity index (χ3n) is 26.6. The van der Waals surface area contributed by atoms with E-state index in [1.54, 1.807) is 0 Å². The van der Waals surface area contributed by atoms with Crippen LogP contribution in [-0.2, 0) is 71.4 Å². The monoisotopic (exact) mass is 1920 g/mol. The second-order valence-electron chi connectivity index (χ2n) is 37.5. The van der Waals surface area contributed by atoms with Crippen molar-refractivity contribution in [1.29, 1.82) is 0 Å². The number of nitrogens with zero attached hydrogens (tertiary/aromatic N) is 2. The van der Waals surface area contributed by atoms with Gasteiger partial charge in [-0.15, -0.1) is 9.01 Å². The van der Waals surface area contributed by atoms with Gasteiger partial charge in [-0.3, -0.25) is 0 Å². The van der Waals surface area contributed by atoms with Gasteiger partial charge in [0, 0.05) is 44.5 Å². The van der Waals surface area contributed by atoms with Crippen LogP contribution in [0.25, 0.3) is 110 Å². The van der Waals surface area contributed by atoms with Gasteiger partial charge in [0.2, 0.25) is 0 Å². The summed E-state index contributed by atoms with van der Waals surface area (Å²) in [5.74, 6) is -1.17. The molecule has 0 spiro atoms. The molecule has 0 aliphatic carbocycles. The summed E-state index contributed by atoms with van der Waals surface area (Å²) in [6.07, 6.45) is 34.6. The minimum absolute atomic E-state index is 0.200. The molecular weight excluding hydrogens is 1780 g/mol. The van der Waals surface area contributed by atoms with Gasteiger partial charge in [-0.1, -0.05) is 383 Å². The third kappa shape index (κ3) is 24.9.